The molecule has 0 aliphatic rings. The molecular weight excluding hydrogens is 435 g/mol. The Morgan fingerprint density at radius 3 is 2.55 bits per heavy atom. The van der Waals surface area contributed by atoms with Crippen LogP contribution >= 0.6 is 23.2 Å². The van der Waals surface area contributed by atoms with Gasteiger partial charge in [-0.05, 0) is 47.5 Å². The molecular formula is C24H18Cl2N2O3. The normalized spacial score (nSPS) is 10.8. The summed E-state index contributed by atoms with van der Waals surface area (Å²) in [6.07, 6.45) is 1.46. The summed E-state index contributed by atoms with van der Waals surface area (Å²) in [5, 5.41) is 12.8. The summed E-state index contributed by atoms with van der Waals surface area (Å²) in [5.41, 5.74) is 1.85. The fourth-order valence-corrected chi connectivity index (χ4v) is 3.06. The third-order valence-electron chi connectivity index (χ3n) is 4.28. The van der Waals surface area contributed by atoms with Gasteiger partial charge in [-0.2, -0.15) is 5.26 Å². The lowest BCUT2D eigenvalue weighted by Gasteiger charge is -2.12. The molecule has 0 spiro atoms. The molecule has 0 bridgehead atoms. The molecule has 0 saturated heterocycles. The molecule has 3 aromatic rings. The number of anilines is 1. The van der Waals surface area contributed by atoms with Crippen molar-refractivity contribution in [2.24, 2.45) is 0 Å². The van der Waals surface area contributed by atoms with E-state index in [0.29, 0.717) is 39.4 Å². The Balaban J connectivity index is 1.77. The first-order valence-corrected chi connectivity index (χ1v) is 9.98. The average molecular weight is 453 g/mol. The SMILES string of the molecule is COc1cc(/C=C(\C#N)C(=O)Nc2cc(Cl)ccc2Cl)ccc1OCc1ccccc1. The number of hydrogen-bond donors (Lipinski definition) is 1. The van der Waals surface area contributed by atoms with E-state index in [2.05, 4.69) is 5.32 Å². The summed E-state index contributed by atoms with van der Waals surface area (Å²) in [4.78, 5) is 12.5. The van der Waals surface area contributed by atoms with Crippen LogP contribution in [0.5, 0.6) is 11.5 Å². The maximum absolute atomic E-state index is 12.5. The monoisotopic (exact) mass is 452 g/mol. The first kappa shape index (κ1) is 22.2. The van der Waals surface area contributed by atoms with Crippen LogP contribution in [0.2, 0.25) is 10.0 Å². The van der Waals surface area contributed by atoms with E-state index < -0.39 is 5.91 Å². The number of benzene rings is 3. The van der Waals surface area contributed by atoms with Crippen molar-refractivity contribution in [1.82, 2.24) is 0 Å². The molecule has 31 heavy (non-hydrogen) atoms. The fourth-order valence-electron chi connectivity index (χ4n) is 2.73. The topological polar surface area (TPSA) is 71.3 Å². The lowest BCUT2D eigenvalue weighted by atomic mass is 10.1. The van der Waals surface area contributed by atoms with Gasteiger partial charge >= 0.3 is 0 Å². The van der Waals surface area contributed by atoms with Crippen molar-refractivity contribution in [1.29, 1.82) is 5.26 Å². The highest BCUT2D eigenvalue weighted by Crippen LogP contribution is 2.30. The zero-order valence-corrected chi connectivity index (χ0v) is 18.1. The highest BCUT2D eigenvalue weighted by molar-refractivity contribution is 6.36. The summed E-state index contributed by atoms with van der Waals surface area (Å²) in [7, 11) is 1.53. The molecule has 1 N–H and O–H groups in total. The molecule has 0 radical (unpaired) electrons. The number of nitriles is 1. The van der Waals surface area contributed by atoms with Crippen molar-refractivity contribution in [3.05, 3.63) is 93.5 Å². The summed E-state index contributed by atoms with van der Waals surface area (Å²) in [6, 6.07) is 21.5. The standard InChI is InChI=1S/C24H18Cl2N2O3/c1-30-23-12-17(7-10-22(23)31-15-16-5-3-2-4-6-16)11-18(14-27)24(29)28-21-13-19(25)8-9-20(21)26/h2-13H,15H2,1H3,(H,28,29)/b18-11+. The summed E-state index contributed by atoms with van der Waals surface area (Å²) in [5.74, 6) is 0.437. The summed E-state index contributed by atoms with van der Waals surface area (Å²) >= 11 is 12.0. The number of amides is 1. The second-order valence-electron chi connectivity index (χ2n) is 6.43. The van der Waals surface area contributed by atoms with Gasteiger partial charge in [-0.1, -0.05) is 59.6 Å². The molecule has 0 heterocycles. The maximum atomic E-state index is 12.5. The molecule has 0 unspecified atom stereocenters. The van der Waals surface area contributed by atoms with Gasteiger partial charge in [0.25, 0.3) is 5.91 Å². The van der Waals surface area contributed by atoms with Crippen LogP contribution in [0.15, 0.2) is 72.3 Å². The van der Waals surface area contributed by atoms with Crippen molar-refractivity contribution in [3.8, 4) is 17.6 Å². The summed E-state index contributed by atoms with van der Waals surface area (Å²) in [6.45, 7) is 0.388. The van der Waals surface area contributed by atoms with E-state index in [9.17, 15) is 10.1 Å². The number of nitrogens with zero attached hydrogens (tertiary/aromatic N) is 1. The van der Waals surface area contributed by atoms with E-state index in [4.69, 9.17) is 32.7 Å². The Hall–Kier alpha value is -3.46. The minimum atomic E-state index is -0.602. The summed E-state index contributed by atoms with van der Waals surface area (Å²) < 4.78 is 11.2. The van der Waals surface area contributed by atoms with Crippen LogP contribution in [-0.2, 0) is 11.4 Å². The number of halogens is 2. The number of ether oxygens (including phenoxy) is 2. The lowest BCUT2D eigenvalue weighted by Crippen LogP contribution is -2.13. The fraction of sp³-hybridized carbons (Fsp3) is 0.0833. The Morgan fingerprint density at radius 1 is 1.06 bits per heavy atom. The van der Waals surface area contributed by atoms with Gasteiger partial charge in [0.1, 0.15) is 18.2 Å². The zero-order valence-electron chi connectivity index (χ0n) is 16.6. The van der Waals surface area contributed by atoms with Crippen LogP contribution in [0.1, 0.15) is 11.1 Å². The Kier molecular flexibility index (Phi) is 7.55. The molecule has 156 valence electrons. The van der Waals surface area contributed by atoms with E-state index in [1.807, 2.05) is 36.4 Å². The van der Waals surface area contributed by atoms with E-state index in [-0.39, 0.29) is 5.57 Å². The molecule has 0 aliphatic heterocycles. The molecule has 0 aromatic heterocycles. The van der Waals surface area contributed by atoms with Gasteiger partial charge in [-0.15, -0.1) is 0 Å². The second-order valence-corrected chi connectivity index (χ2v) is 7.28. The highest BCUT2D eigenvalue weighted by Gasteiger charge is 2.13. The van der Waals surface area contributed by atoms with Crippen LogP contribution in [0.3, 0.4) is 0 Å². The number of carbonyl (C=O) groups is 1. The molecule has 0 saturated carbocycles. The van der Waals surface area contributed by atoms with E-state index in [1.165, 1.54) is 19.3 Å². The molecule has 1 amide bonds. The van der Waals surface area contributed by atoms with Crippen molar-refractivity contribution < 1.29 is 14.3 Å². The number of carbonyl (C=O) groups excluding carboxylic acids is 1. The van der Waals surface area contributed by atoms with Gasteiger partial charge in [-0.25, -0.2) is 0 Å². The smallest absolute Gasteiger partial charge is 0.266 e. The quantitative estimate of drug-likeness (QED) is 0.345. The lowest BCUT2D eigenvalue weighted by molar-refractivity contribution is -0.112. The molecule has 0 fully saturated rings. The number of nitrogens with one attached hydrogen (secondary N) is 1. The van der Waals surface area contributed by atoms with Crippen LogP contribution in [0, 0.1) is 11.3 Å². The highest BCUT2D eigenvalue weighted by atomic mass is 35.5. The van der Waals surface area contributed by atoms with Gasteiger partial charge in [0.05, 0.1) is 17.8 Å². The van der Waals surface area contributed by atoms with E-state index >= 15 is 0 Å². The number of methoxy groups -OCH3 is 1. The van der Waals surface area contributed by atoms with Gasteiger partial charge < -0.3 is 14.8 Å². The van der Waals surface area contributed by atoms with Gasteiger partial charge in [-0.3, -0.25) is 4.79 Å². The second kappa shape index (κ2) is 10.5. The molecule has 3 aromatic carbocycles. The molecule has 0 atom stereocenters. The molecule has 5 nitrogen and oxygen atoms in total. The van der Waals surface area contributed by atoms with Crippen molar-refractivity contribution in [2.45, 2.75) is 6.61 Å². The average Bonchev–Trinajstić information content (AvgIpc) is 2.79. The Bertz CT molecular complexity index is 1160. The van der Waals surface area contributed by atoms with Crippen LogP contribution in [-0.4, -0.2) is 13.0 Å². The maximum Gasteiger partial charge on any atom is 0.266 e. The number of rotatable bonds is 7. The minimum absolute atomic E-state index is 0.101. The van der Waals surface area contributed by atoms with Crippen LogP contribution in [0.25, 0.3) is 6.08 Å². The Morgan fingerprint density at radius 2 is 1.84 bits per heavy atom. The third kappa shape index (κ3) is 6.02. The van der Waals surface area contributed by atoms with Gasteiger partial charge in [0.2, 0.25) is 0 Å². The van der Waals surface area contributed by atoms with E-state index in [1.54, 1.807) is 30.3 Å². The van der Waals surface area contributed by atoms with Gasteiger partial charge in [0.15, 0.2) is 11.5 Å². The predicted molar refractivity (Wildman–Crippen MR) is 122 cm³/mol. The molecule has 3 rings (SSSR count). The van der Waals surface area contributed by atoms with E-state index in [0.717, 1.165) is 5.56 Å². The van der Waals surface area contributed by atoms with Crippen molar-refractivity contribution in [2.75, 3.05) is 12.4 Å². The molecule has 0 aliphatic carbocycles. The van der Waals surface area contributed by atoms with Crippen molar-refractivity contribution >= 4 is 40.9 Å². The first-order chi connectivity index (χ1) is 15.0. The third-order valence-corrected chi connectivity index (χ3v) is 4.84. The zero-order chi connectivity index (χ0) is 22.2. The predicted octanol–water partition coefficient (Wildman–Crippen LogP) is 6.13. The molecule has 7 heteroatoms. The van der Waals surface area contributed by atoms with Gasteiger partial charge in [0, 0.05) is 5.02 Å². The minimum Gasteiger partial charge on any atom is -0.493 e. The first-order valence-electron chi connectivity index (χ1n) is 9.23. The largest absolute Gasteiger partial charge is 0.493 e. The Labute approximate surface area is 190 Å². The van der Waals surface area contributed by atoms with Crippen molar-refractivity contribution in [3.63, 3.8) is 0 Å². The van der Waals surface area contributed by atoms with Crippen LogP contribution < -0.4 is 14.8 Å². The number of hydrogen-bond acceptors (Lipinski definition) is 4. The van der Waals surface area contributed by atoms with Crippen LogP contribution in [0.4, 0.5) is 5.69 Å².